The van der Waals surface area contributed by atoms with Crippen LogP contribution in [0, 0.1) is 0 Å². The van der Waals surface area contributed by atoms with Crippen molar-refractivity contribution in [3.05, 3.63) is 63.0 Å². The molecule has 0 amide bonds. The average molecular weight is 385 g/mol. The van der Waals surface area contributed by atoms with Gasteiger partial charge in [0, 0.05) is 14.6 Å². The molecule has 0 saturated heterocycles. The first-order valence-electron chi connectivity index (χ1n) is 5.95. The van der Waals surface area contributed by atoms with Crippen LogP contribution in [0.15, 0.2) is 57.5 Å². The number of anilines is 1. The van der Waals surface area contributed by atoms with E-state index < -0.39 is 5.54 Å². The van der Waals surface area contributed by atoms with Crippen molar-refractivity contribution in [3.63, 3.8) is 0 Å². The zero-order chi connectivity index (χ0) is 13.9. The molecule has 0 aliphatic heterocycles. The maximum atomic E-state index is 9.79. The molecule has 4 heteroatoms. The van der Waals surface area contributed by atoms with Crippen molar-refractivity contribution in [1.82, 2.24) is 0 Å². The van der Waals surface area contributed by atoms with Gasteiger partial charge in [-0.25, -0.2) is 0 Å². The molecule has 19 heavy (non-hydrogen) atoms. The fraction of sp³-hybridized carbons (Fsp3) is 0.200. The largest absolute Gasteiger partial charge is 0.394 e. The first-order chi connectivity index (χ1) is 9.05. The highest BCUT2D eigenvalue weighted by atomic mass is 79.9. The van der Waals surface area contributed by atoms with Crippen molar-refractivity contribution in [2.45, 2.75) is 12.5 Å². The Morgan fingerprint density at radius 3 is 2.26 bits per heavy atom. The van der Waals surface area contributed by atoms with E-state index in [4.69, 9.17) is 0 Å². The zero-order valence-electron chi connectivity index (χ0n) is 10.5. The van der Waals surface area contributed by atoms with Crippen LogP contribution in [0.4, 0.5) is 5.69 Å². The van der Waals surface area contributed by atoms with Gasteiger partial charge in [-0.15, -0.1) is 0 Å². The van der Waals surface area contributed by atoms with Gasteiger partial charge in [-0.2, -0.15) is 0 Å². The summed E-state index contributed by atoms with van der Waals surface area (Å²) in [6.07, 6.45) is 0. The molecule has 2 aromatic rings. The molecule has 0 heterocycles. The monoisotopic (exact) mass is 383 g/mol. The van der Waals surface area contributed by atoms with Gasteiger partial charge in [-0.05, 0) is 42.8 Å². The van der Waals surface area contributed by atoms with Gasteiger partial charge in [0.1, 0.15) is 0 Å². The van der Waals surface area contributed by atoms with Crippen LogP contribution in [0.5, 0.6) is 0 Å². The Labute approximate surface area is 130 Å². The molecular formula is C15H15Br2NO. The van der Waals surface area contributed by atoms with Crippen molar-refractivity contribution in [2.24, 2.45) is 0 Å². The molecule has 2 nitrogen and oxygen atoms in total. The third-order valence-corrected chi connectivity index (χ3v) is 4.27. The molecule has 1 atom stereocenters. The van der Waals surface area contributed by atoms with Crippen molar-refractivity contribution < 1.29 is 5.11 Å². The van der Waals surface area contributed by atoms with E-state index in [0.29, 0.717) is 0 Å². The number of nitrogens with one attached hydrogen (secondary N) is 1. The molecule has 0 aliphatic carbocycles. The molecule has 1 unspecified atom stereocenters. The lowest BCUT2D eigenvalue weighted by atomic mass is 9.92. The third kappa shape index (κ3) is 3.38. The van der Waals surface area contributed by atoms with E-state index in [1.807, 2.05) is 55.5 Å². The Kier molecular flexibility index (Phi) is 4.66. The summed E-state index contributed by atoms with van der Waals surface area (Å²) in [7, 11) is 0. The quantitative estimate of drug-likeness (QED) is 0.811. The lowest BCUT2D eigenvalue weighted by Crippen LogP contribution is -2.36. The van der Waals surface area contributed by atoms with Crippen LogP contribution in [-0.2, 0) is 5.54 Å². The van der Waals surface area contributed by atoms with E-state index in [2.05, 4.69) is 37.2 Å². The molecule has 2 aromatic carbocycles. The molecule has 0 aliphatic rings. The Bertz CT molecular complexity index is 556. The fourth-order valence-corrected chi connectivity index (χ4v) is 2.94. The second-order valence-electron chi connectivity index (χ2n) is 4.60. The van der Waals surface area contributed by atoms with Crippen LogP contribution in [-0.4, -0.2) is 11.7 Å². The minimum Gasteiger partial charge on any atom is -0.394 e. The minimum absolute atomic E-state index is 0.00563. The summed E-state index contributed by atoms with van der Waals surface area (Å²) < 4.78 is 2.01. The molecule has 100 valence electrons. The molecule has 2 N–H and O–H groups in total. The second-order valence-corrected chi connectivity index (χ2v) is 6.37. The number of aliphatic hydroxyl groups is 1. The van der Waals surface area contributed by atoms with Crippen LogP contribution in [0.1, 0.15) is 12.5 Å². The molecule has 0 radical (unpaired) electrons. The predicted molar refractivity (Wildman–Crippen MR) is 86.3 cm³/mol. The van der Waals surface area contributed by atoms with Gasteiger partial charge in [0.05, 0.1) is 12.1 Å². The van der Waals surface area contributed by atoms with Crippen molar-refractivity contribution >= 4 is 37.5 Å². The van der Waals surface area contributed by atoms with E-state index in [1.54, 1.807) is 0 Å². The van der Waals surface area contributed by atoms with E-state index in [0.717, 1.165) is 20.2 Å². The van der Waals surface area contributed by atoms with Gasteiger partial charge >= 0.3 is 0 Å². The highest BCUT2D eigenvalue weighted by molar-refractivity contribution is 9.10. The van der Waals surface area contributed by atoms with E-state index in [9.17, 15) is 5.11 Å². The third-order valence-electron chi connectivity index (χ3n) is 3.05. The molecule has 0 bridgehead atoms. The smallest absolute Gasteiger partial charge is 0.0839 e. The number of hydrogen-bond acceptors (Lipinski definition) is 2. The van der Waals surface area contributed by atoms with Crippen LogP contribution in [0.25, 0.3) is 0 Å². The van der Waals surface area contributed by atoms with Crippen molar-refractivity contribution in [2.75, 3.05) is 11.9 Å². The van der Waals surface area contributed by atoms with Gasteiger partial charge in [0.25, 0.3) is 0 Å². The van der Waals surface area contributed by atoms with Crippen molar-refractivity contribution in [3.8, 4) is 0 Å². The summed E-state index contributed by atoms with van der Waals surface area (Å²) in [5.74, 6) is 0. The average Bonchev–Trinajstić information content (AvgIpc) is 2.42. The lowest BCUT2D eigenvalue weighted by Gasteiger charge is -2.31. The van der Waals surface area contributed by atoms with Crippen LogP contribution >= 0.6 is 31.9 Å². The number of rotatable bonds is 4. The number of aliphatic hydroxyl groups excluding tert-OH is 1. The zero-order valence-corrected chi connectivity index (χ0v) is 13.7. The van der Waals surface area contributed by atoms with Crippen LogP contribution < -0.4 is 5.32 Å². The summed E-state index contributed by atoms with van der Waals surface area (Å²) in [4.78, 5) is 0. The summed E-state index contributed by atoms with van der Waals surface area (Å²) in [6, 6.07) is 15.8. The van der Waals surface area contributed by atoms with E-state index in [-0.39, 0.29) is 6.61 Å². The van der Waals surface area contributed by atoms with Crippen LogP contribution in [0.3, 0.4) is 0 Å². The number of hydrogen-bond donors (Lipinski definition) is 2. The normalized spacial score (nSPS) is 13.9. The lowest BCUT2D eigenvalue weighted by molar-refractivity contribution is 0.223. The second kappa shape index (κ2) is 6.07. The van der Waals surface area contributed by atoms with Gasteiger partial charge in [-0.1, -0.05) is 50.1 Å². The molecule has 0 aromatic heterocycles. The van der Waals surface area contributed by atoms with Crippen LogP contribution in [0.2, 0.25) is 0 Å². The first kappa shape index (κ1) is 14.6. The minimum atomic E-state index is -0.534. The summed E-state index contributed by atoms with van der Waals surface area (Å²) in [5, 5.41) is 13.2. The SMILES string of the molecule is CC(CO)(Nc1ccc(Br)cc1)c1ccccc1Br. The van der Waals surface area contributed by atoms with E-state index in [1.165, 1.54) is 0 Å². The highest BCUT2D eigenvalue weighted by Gasteiger charge is 2.27. The maximum Gasteiger partial charge on any atom is 0.0839 e. The first-order valence-corrected chi connectivity index (χ1v) is 7.53. The van der Waals surface area contributed by atoms with Crippen molar-refractivity contribution in [1.29, 1.82) is 0 Å². The predicted octanol–water partition coefficient (Wildman–Crippen LogP) is 4.53. The molecule has 0 saturated carbocycles. The van der Waals surface area contributed by atoms with Gasteiger partial charge in [0.2, 0.25) is 0 Å². The summed E-state index contributed by atoms with van der Waals surface area (Å²) in [5.41, 5.74) is 1.46. The summed E-state index contributed by atoms with van der Waals surface area (Å²) >= 11 is 6.95. The molecule has 2 rings (SSSR count). The maximum absolute atomic E-state index is 9.79. The number of benzene rings is 2. The van der Waals surface area contributed by atoms with Gasteiger partial charge in [0.15, 0.2) is 0 Å². The Morgan fingerprint density at radius 2 is 1.68 bits per heavy atom. The Hall–Kier alpha value is -0.840. The summed E-state index contributed by atoms with van der Waals surface area (Å²) in [6.45, 7) is 1.99. The molecule has 0 fully saturated rings. The standard InChI is InChI=1S/C15H15Br2NO/c1-15(10-19,13-4-2-3-5-14(13)17)18-12-8-6-11(16)7-9-12/h2-9,18-19H,10H2,1H3. The topological polar surface area (TPSA) is 32.3 Å². The highest BCUT2D eigenvalue weighted by Crippen LogP contribution is 2.31. The Morgan fingerprint density at radius 1 is 1.05 bits per heavy atom. The number of halogens is 2. The molecular weight excluding hydrogens is 370 g/mol. The fourth-order valence-electron chi connectivity index (χ4n) is 1.95. The van der Waals surface area contributed by atoms with Gasteiger partial charge < -0.3 is 10.4 Å². The van der Waals surface area contributed by atoms with E-state index >= 15 is 0 Å². The molecule has 0 spiro atoms. The Balaban J connectivity index is 2.33. The van der Waals surface area contributed by atoms with Gasteiger partial charge in [-0.3, -0.25) is 0 Å².